The first-order valence-corrected chi connectivity index (χ1v) is 27.3. The number of aromatic nitrogens is 4. The van der Waals surface area contributed by atoms with Crippen molar-refractivity contribution in [1.82, 2.24) is 45.4 Å². The predicted octanol–water partition coefficient (Wildman–Crippen LogP) is 6.89. The highest BCUT2D eigenvalue weighted by atomic mass is 16.6. The first-order chi connectivity index (χ1) is 41.7. The number of nitrogens with one attached hydrogen (secondary N) is 4. The zero-order valence-electron chi connectivity index (χ0n) is 49.4. The van der Waals surface area contributed by atoms with Crippen molar-refractivity contribution in [3.05, 3.63) is 154 Å². The van der Waals surface area contributed by atoms with Gasteiger partial charge in [-0.1, -0.05) is 35.4 Å². The molecule has 87 heavy (non-hydrogen) atoms. The fourth-order valence-electron chi connectivity index (χ4n) is 8.28. The molecule has 460 valence electrons. The van der Waals surface area contributed by atoms with Crippen LogP contribution >= 0.6 is 0 Å². The molecule has 0 radical (unpaired) electrons. The van der Waals surface area contributed by atoms with Crippen molar-refractivity contribution in [1.29, 1.82) is 0 Å². The molecular formula is C60H69N11O16. The van der Waals surface area contributed by atoms with Gasteiger partial charge in [-0.25, -0.2) is 34.2 Å². The van der Waals surface area contributed by atoms with Crippen LogP contribution in [-0.4, -0.2) is 161 Å². The minimum Gasteiger partial charge on any atom is -0.490 e. The van der Waals surface area contributed by atoms with E-state index in [1.165, 1.54) is 57.1 Å². The van der Waals surface area contributed by atoms with E-state index >= 15 is 0 Å². The number of methoxy groups -OCH3 is 3. The van der Waals surface area contributed by atoms with Crippen LogP contribution in [-0.2, 0) is 45.1 Å². The van der Waals surface area contributed by atoms with Gasteiger partial charge >= 0.3 is 36.1 Å². The van der Waals surface area contributed by atoms with Crippen LogP contribution in [0.2, 0.25) is 0 Å². The maximum absolute atomic E-state index is 12.5. The zero-order chi connectivity index (χ0) is 62.6. The zero-order valence-corrected chi connectivity index (χ0v) is 49.4. The second kappa shape index (κ2) is 30.6. The molecule has 4 aliphatic heterocycles. The highest BCUT2D eigenvalue weighted by Gasteiger charge is 2.28. The van der Waals surface area contributed by atoms with Gasteiger partial charge < -0.3 is 63.6 Å². The number of urea groups is 2. The van der Waals surface area contributed by atoms with Gasteiger partial charge in [0.05, 0.1) is 88.5 Å². The quantitative estimate of drug-likeness (QED) is 0.0490. The van der Waals surface area contributed by atoms with E-state index in [2.05, 4.69) is 50.1 Å². The summed E-state index contributed by atoms with van der Waals surface area (Å²) in [6, 6.07) is 21.0. The number of pyridine rings is 4. The third kappa shape index (κ3) is 18.7. The van der Waals surface area contributed by atoms with Crippen molar-refractivity contribution in [2.24, 2.45) is 0 Å². The van der Waals surface area contributed by atoms with Crippen molar-refractivity contribution in [2.45, 2.75) is 66.4 Å². The van der Waals surface area contributed by atoms with Crippen molar-refractivity contribution in [3.63, 3.8) is 0 Å². The number of carbonyl (C=O) groups excluding carboxylic acids is 7. The molecule has 0 saturated heterocycles. The number of aryl methyl sites for hydroxylation is 2. The van der Waals surface area contributed by atoms with E-state index in [1.54, 1.807) is 33.5 Å². The van der Waals surface area contributed by atoms with E-state index in [-0.39, 0.29) is 37.3 Å². The number of benzene rings is 2. The minimum atomic E-state index is -0.669. The largest absolute Gasteiger partial charge is 0.490 e. The van der Waals surface area contributed by atoms with E-state index in [1.807, 2.05) is 83.1 Å². The lowest BCUT2D eigenvalue weighted by Crippen LogP contribution is -2.37. The number of hydroxylamine groups is 1. The maximum atomic E-state index is 12.5. The molecule has 0 bridgehead atoms. The van der Waals surface area contributed by atoms with Crippen LogP contribution in [0.25, 0.3) is 0 Å². The molecule has 27 nitrogen and oxygen atoms in total. The van der Waals surface area contributed by atoms with E-state index in [4.69, 9.17) is 28.9 Å². The molecule has 8 heterocycles. The van der Waals surface area contributed by atoms with Crippen LogP contribution in [0, 0.1) is 13.8 Å². The average molecular weight is 1200 g/mol. The smallest absolute Gasteiger partial charge is 0.410 e. The van der Waals surface area contributed by atoms with Crippen LogP contribution in [0.1, 0.15) is 96.1 Å². The SMILES string of the molecule is COC(=O)c1cnc2c(c1)OCCN(C(=O)Nc1ccc(C)cc1)C2.COC(=O)c1cnc2c(c1)OCCN(C(=O)OC(C)(C)C)C2.COC(=O)c1cnc2c(c1)OCCNC2.Cc1ccc(NC(=O)N2CCOc3cc(C(=O)NO)cnc3C2)cc1. The summed E-state index contributed by atoms with van der Waals surface area (Å²) in [6.45, 7) is 14.4. The van der Waals surface area contributed by atoms with Gasteiger partial charge in [0.25, 0.3) is 5.91 Å². The summed E-state index contributed by atoms with van der Waals surface area (Å²) in [4.78, 5) is 104. The lowest BCUT2D eigenvalue weighted by molar-refractivity contribution is 0.0223. The first-order valence-electron chi connectivity index (χ1n) is 27.3. The van der Waals surface area contributed by atoms with Crippen LogP contribution in [0.5, 0.6) is 23.0 Å². The summed E-state index contributed by atoms with van der Waals surface area (Å²) in [5.74, 6) is 0.0321. The molecule has 6 amide bonds. The summed E-state index contributed by atoms with van der Waals surface area (Å²) >= 11 is 0. The van der Waals surface area contributed by atoms with Crippen molar-refractivity contribution in [3.8, 4) is 23.0 Å². The molecule has 0 aliphatic carbocycles. The summed E-state index contributed by atoms with van der Waals surface area (Å²) in [7, 11) is 3.96. The molecule has 2 aromatic carbocycles. The van der Waals surface area contributed by atoms with E-state index < -0.39 is 35.5 Å². The highest BCUT2D eigenvalue weighted by molar-refractivity contribution is 5.94. The summed E-state index contributed by atoms with van der Waals surface area (Å²) in [6.07, 6.45) is 5.25. The Morgan fingerprint density at radius 3 is 1.28 bits per heavy atom. The van der Waals surface area contributed by atoms with E-state index in [0.717, 1.165) is 29.1 Å². The molecule has 4 aliphatic rings. The Hall–Kier alpha value is -10.2. The second-order valence-electron chi connectivity index (χ2n) is 20.5. The Labute approximate surface area is 501 Å². The molecule has 0 atom stereocenters. The van der Waals surface area contributed by atoms with Crippen molar-refractivity contribution in [2.75, 3.05) is 84.6 Å². The fourth-order valence-corrected chi connectivity index (χ4v) is 8.28. The lowest BCUT2D eigenvalue weighted by Gasteiger charge is -2.25. The molecule has 0 fully saturated rings. The molecule has 0 unspecified atom stereocenters. The number of ether oxygens (including phenoxy) is 8. The number of anilines is 2. The van der Waals surface area contributed by atoms with Crippen molar-refractivity contribution < 1.29 is 76.7 Å². The van der Waals surface area contributed by atoms with Gasteiger partial charge in [0.15, 0.2) is 0 Å². The van der Waals surface area contributed by atoms with Crippen molar-refractivity contribution >= 4 is 53.3 Å². The van der Waals surface area contributed by atoms with Gasteiger partial charge in [-0.3, -0.25) is 34.8 Å². The van der Waals surface area contributed by atoms with Crippen LogP contribution in [0.4, 0.5) is 25.8 Å². The van der Waals surface area contributed by atoms with Gasteiger partial charge in [-0.15, -0.1) is 0 Å². The normalized spacial score (nSPS) is 13.8. The Morgan fingerprint density at radius 2 is 0.874 bits per heavy atom. The number of carbonyl (C=O) groups is 7. The van der Waals surface area contributed by atoms with Crippen LogP contribution in [0.15, 0.2) is 97.6 Å². The van der Waals surface area contributed by atoms with Gasteiger partial charge in [0, 0.05) is 49.3 Å². The topological polar surface area (TPSA) is 323 Å². The van der Waals surface area contributed by atoms with Crippen LogP contribution < -0.4 is 40.4 Å². The third-order valence-corrected chi connectivity index (χ3v) is 12.9. The minimum absolute atomic E-state index is 0.179. The van der Waals surface area contributed by atoms with E-state index in [0.29, 0.717) is 115 Å². The van der Waals surface area contributed by atoms with Gasteiger partial charge in [-0.2, -0.15) is 0 Å². The monoisotopic (exact) mass is 1200 g/mol. The molecule has 6 aromatic rings. The summed E-state index contributed by atoms with van der Waals surface area (Å²) in [5, 5.41) is 17.6. The van der Waals surface area contributed by atoms with Gasteiger partial charge in [0.2, 0.25) is 0 Å². The number of hydrogen-bond acceptors (Lipinski definition) is 21. The maximum Gasteiger partial charge on any atom is 0.410 e. The second-order valence-corrected chi connectivity index (χ2v) is 20.5. The van der Waals surface area contributed by atoms with Gasteiger partial charge in [-0.05, 0) is 83.1 Å². The van der Waals surface area contributed by atoms with Gasteiger partial charge in [0.1, 0.15) is 72.1 Å². The molecule has 4 aromatic heterocycles. The van der Waals surface area contributed by atoms with Crippen LogP contribution in [0.3, 0.4) is 0 Å². The lowest BCUT2D eigenvalue weighted by atomic mass is 10.2. The number of amides is 6. The Balaban J connectivity index is 0.000000168. The number of rotatable bonds is 6. The first kappa shape index (κ1) is 64.4. The molecule has 5 N–H and O–H groups in total. The third-order valence-electron chi connectivity index (χ3n) is 12.9. The molecule has 27 heteroatoms. The number of fused-ring (bicyclic) bond motifs is 4. The average Bonchev–Trinajstić information content (AvgIpc) is 3.95. The Bertz CT molecular complexity index is 3280. The summed E-state index contributed by atoms with van der Waals surface area (Å²) in [5.41, 5.74) is 8.45. The number of hydrogen-bond donors (Lipinski definition) is 5. The fraction of sp³-hybridized carbons (Fsp3) is 0.350. The molecule has 0 saturated carbocycles. The molecule has 10 rings (SSSR count). The molecule has 0 spiro atoms. The Kier molecular flexibility index (Phi) is 22.7. The number of esters is 3. The number of nitrogens with zero attached hydrogens (tertiary/aromatic N) is 7. The Morgan fingerprint density at radius 1 is 0.517 bits per heavy atom. The predicted molar refractivity (Wildman–Crippen MR) is 312 cm³/mol. The highest BCUT2D eigenvalue weighted by Crippen LogP contribution is 2.27. The summed E-state index contributed by atoms with van der Waals surface area (Å²) < 4.78 is 41.6. The van der Waals surface area contributed by atoms with E-state index in [9.17, 15) is 33.6 Å². The standard InChI is InChI=1S/C18H19N3O4.C17H18N4O4.C15H20N2O5.C10H12N2O3/c1-12-3-5-14(6-4-12)20-18(23)21-7-8-25-16-9-13(17(22)24-2)10-19-15(16)11-21;1-11-2-4-13(5-3-11)19-17(23)21-6-7-25-15-8-12(16(22)20-24)9-18-14(15)10-21;1-15(2,3)22-14(19)17-5-6-21-12-7-10(13(18)20-4)8-16-11(12)9-17;1-14-10(13)7-4-9-8(12-5-7)6-11-2-3-15-9/h3-6,9-10H,7-8,11H2,1-2H3,(H,20,23);2-5,8-9,24H,6-7,10H2,1H3,(H,19,23)(H,20,22);7-8H,5-6,9H2,1-4H3;4-5,11H,2-3,6H2,1H3. The molecular weight excluding hydrogens is 1130 g/mol.